The number of benzene rings is 6. The summed E-state index contributed by atoms with van der Waals surface area (Å²) in [5.41, 5.74) is 2.05. The van der Waals surface area contributed by atoms with Crippen molar-refractivity contribution in [3.8, 4) is 104 Å². The van der Waals surface area contributed by atoms with Gasteiger partial charge in [-0.25, -0.2) is 70.1 Å². The number of aromatic nitrogens is 12. The highest BCUT2D eigenvalue weighted by atomic mass is 32.2. The highest BCUT2D eigenvalue weighted by molar-refractivity contribution is 7.93. The molecule has 0 bridgehead atoms. The molecule has 0 fully saturated rings. The molecule has 0 saturated carbocycles. The Hall–Kier alpha value is -12.9. The third-order valence-electron chi connectivity index (χ3n) is 16.0. The number of nitrogens with one attached hydrogen (secondary N) is 3. The zero-order chi connectivity index (χ0) is 93.8. The molecule has 0 saturated heterocycles. The van der Waals surface area contributed by atoms with Crippen molar-refractivity contribution in [3.05, 3.63) is 218 Å². The quantitative estimate of drug-likeness (QED) is 0.0243. The van der Waals surface area contributed by atoms with E-state index in [1.807, 2.05) is 62.3 Å². The van der Waals surface area contributed by atoms with Crippen LogP contribution in [0.25, 0.3) is 34.9 Å². The van der Waals surface area contributed by atoms with Gasteiger partial charge < -0.3 is 58.0 Å². The fourth-order valence-corrected chi connectivity index (χ4v) is 13.1. The number of sulfonamides is 3. The van der Waals surface area contributed by atoms with Crippen LogP contribution in [0.3, 0.4) is 0 Å². The lowest BCUT2D eigenvalue weighted by atomic mass is 9.87. The molecule has 12 rings (SSSR count). The van der Waals surface area contributed by atoms with Gasteiger partial charge in [0.25, 0.3) is 47.7 Å². The first-order valence-electron chi connectivity index (χ1n) is 40.4. The fraction of sp³-hybridized carbons (Fsp3) is 0.259. The molecule has 0 radical (unpaired) electrons. The topological polar surface area (TPSA) is 437 Å². The molecule has 0 unspecified atom stereocenters. The van der Waals surface area contributed by atoms with Crippen LogP contribution in [-0.4, -0.2) is 161 Å². The van der Waals surface area contributed by atoms with Crippen molar-refractivity contribution in [2.24, 2.45) is 0 Å². The maximum absolute atomic E-state index is 13.6. The van der Waals surface area contributed by atoms with Crippen LogP contribution >= 0.6 is 0 Å². The van der Waals surface area contributed by atoms with Crippen LogP contribution in [0.1, 0.15) is 94.1 Å². The summed E-state index contributed by atoms with van der Waals surface area (Å²) in [5.74, 6) is -5.72. The molecule has 0 aliphatic heterocycles. The van der Waals surface area contributed by atoms with Gasteiger partial charge in [-0.2, -0.15) is 15.0 Å². The van der Waals surface area contributed by atoms with Crippen LogP contribution in [0.5, 0.6) is 69.4 Å². The first-order chi connectivity index (χ1) is 59.8. The smallest absolute Gasteiger partial charge is 0.263 e. The molecule has 6 aromatic carbocycles. The molecule has 0 spiro atoms. The molecule has 117 heavy (non-hydrogen) atoms. The number of rotatable bonds is 30. The summed E-state index contributed by atoms with van der Waals surface area (Å²) in [4.78, 5) is 49.5. The molecule has 33 nitrogen and oxygen atoms in total. The second-order valence-electron chi connectivity index (χ2n) is 27.2. The third kappa shape index (κ3) is 22.8. The largest absolute Gasteiger partial charge is 0.493 e. The van der Waals surface area contributed by atoms with Gasteiger partial charge >= 0.3 is 0 Å². The van der Waals surface area contributed by atoms with Gasteiger partial charge in [-0.05, 0) is 124 Å². The van der Waals surface area contributed by atoms with E-state index in [4.69, 9.17) is 57.7 Å². The zero-order valence-electron chi connectivity index (χ0n) is 75.5. The zero-order valence-corrected chi connectivity index (χ0v) is 67.0. The van der Waals surface area contributed by atoms with Gasteiger partial charge in [0.05, 0.1) is 70.8 Å². The summed E-state index contributed by atoms with van der Waals surface area (Å²) in [6, 6.07) is 41.7. The number of methoxy groups -OCH3 is 3. The highest BCUT2D eigenvalue weighted by Crippen LogP contribution is 2.46. The van der Waals surface area contributed by atoms with E-state index < -0.39 is 123 Å². The lowest BCUT2D eigenvalue weighted by Gasteiger charge is -2.20. The standard InChI is InChI=1S/3C27H29N5O6S/c3*1-27(2,3)18-10-12-19(13-11-18)39(34,35)32-23-22(38-21-9-6-5-8-20(21)36-4)26(37-17-16-33)31-25(30-23)24-28-14-7-15-29-24/h3*5-15,33H,16-17H2,1-4H3,(H,30,31,32)/i16D2,17D2;4D3,17D2;17D2. The molecule has 0 aliphatic carbocycles. The van der Waals surface area contributed by atoms with Gasteiger partial charge in [0, 0.05) is 37.2 Å². The first-order valence-corrected chi connectivity index (χ1v) is 39.3. The van der Waals surface area contributed by atoms with Crippen LogP contribution in [0.15, 0.2) is 216 Å². The van der Waals surface area contributed by atoms with E-state index in [2.05, 4.69) is 74.0 Å². The van der Waals surface area contributed by atoms with Gasteiger partial charge in [0.15, 0.2) is 69.4 Å². The Morgan fingerprint density at radius 3 is 0.838 bits per heavy atom. The second-order valence-corrected chi connectivity index (χ2v) is 32.3. The predicted octanol–water partition coefficient (Wildman–Crippen LogP) is 12.6. The van der Waals surface area contributed by atoms with E-state index in [-0.39, 0.29) is 106 Å². The van der Waals surface area contributed by atoms with Crippen molar-refractivity contribution in [1.29, 1.82) is 0 Å². The van der Waals surface area contributed by atoms with Crippen molar-refractivity contribution in [1.82, 2.24) is 59.8 Å². The van der Waals surface area contributed by atoms with Crippen LogP contribution in [0, 0.1) is 0 Å². The molecule has 0 atom stereocenters. The Labute approximate surface area is 692 Å². The van der Waals surface area contributed by atoms with E-state index in [1.165, 1.54) is 130 Å². The average molecular weight is 1670 g/mol. The molecule has 6 N–H and O–H groups in total. The molecule has 0 amide bonds. The minimum absolute atomic E-state index is 0.000675. The van der Waals surface area contributed by atoms with Crippen molar-refractivity contribution in [2.45, 2.75) is 93.2 Å². The summed E-state index contributed by atoms with van der Waals surface area (Å²) in [6.45, 7) is 3.51. The summed E-state index contributed by atoms with van der Waals surface area (Å²) >= 11 is 0. The molecule has 36 heteroatoms. The van der Waals surface area contributed by atoms with Gasteiger partial charge in [0.1, 0.15) is 19.7 Å². The van der Waals surface area contributed by atoms with E-state index in [1.54, 1.807) is 84.9 Å². The fourth-order valence-electron chi connectivity index (χ4n) is 10.1. The number of hydrogen-bond acceptors (Lipinski definition) is 30. The Balaban J connectivity index is 0.000000200. The number of anilines is 3. The molecule has 612 valence electrons. The van der Waals surface area contributed by atoms with Crippen LogP contribution in [0.2, 0.25) is 0 Å². The van der Waals surface area contributed by atoms with E-state index in [9.17, 15) is 40.6 Å². The molecular weight excluding hydrogens is 1570 g/mol. The maximum Gasteiger partial charge on any atom is 0.263 e. The van der Waals surface area contributed by atoms with Gasteiger partial charge in [-0.3, -0.25) is 14.2 Å². The number of aliphatic hydroxyl groups excluding tert-OH is 2. The summed E-state index contributed by atoms with van der Waals surface area (Å²) < 4.78 is 223. The number of ether oxygens (including phenoxy) is 9. The van der Waals surface area contributed by atoms with E-state index >= 15 is 0 Å². The highest BCUT2D eigenvalue weighted by Gasteiger charge is 2.31. The molecule has 6 aromatic heterocycles. The Morgan fingerprint density at radius 2 is 0.598 bits per heavy atom. The third-order valence-corrected chi connectivity index (χ3v) is 20.0. The van der Waals surface area contributed by atoms with E-state index in [0.29, 0.717) is 0 Å². The van der Waals surface area contributed by atoms with Crippen LogP contribution < -0.4 is 56.8 Å². The number of nitrogens with zero attached hydrogens (tertiary/aromatic N) is 12. The molecular formula is C81H87N15O18S3. The SMILES string of the molecule is [2H]C([2H])(CO)Oc1nc(-c2ncccn2)nc(NS(=O)(=O)c2ccc(C(C)(C)C)cc2)c1Oc1ccccc1OC.[2H]C([2H])(O)C([2H])([2H])Oc1nc(-c2ncccn2)nc(NS(=O)(=O)c2ccc(C(C)(C)C)cc2)c1Oc1ccccc1OC.[2H]C([2H])([2H])Oc1ccccc1Oc1c(NS(=O)(=O)c2ccc(C(C)(C)C)cc2)nc(-c2ncccn2)nc1OC([2H])([2H])CO. The summed E-state index contributed by atoms with van der Waals surface area (Å²) in [5, 5.41) is 29.0. The van der Waals surface area contributed by atoms with Crippen LogP contribution in [0.4, 0.5) is 17.5 Å². The second kappa shape index (κ2) is 38.5. The summed E-state index contributed by atoms with van der Waals surface area (Å²) in [6.07, 6.45) is 8.37. The lowest BCUT2D eigenvalue weighted by molar-refractivity contribution is 0.192. The van der Waals surface area contributed by atoms with Crippen molar-refractivity contribution in [3.63, 3.8) is 0 Å². The number of hydrogen-bond donors (Lipinski definition) is 6. The van der Waals surface area contributed by atoms with Gasteiger partial charge in [-0.1, -0.05) is 135 Å². The number of aliphatic hydroxyl groups is 3. The average Bonchev–Trinajstić information content (AvgIpc) is 0.778. The Kier molecular flexibility index (Phi) is 23.7. The van der Waals surface area contributed by atoms with E-state index in [0.717, 1.165) is 16.7 Å². The number of para-hydroxylation sites is 6. The first kappa shape index (κ1) is 71.9. The monoisotopic (exact) mass is 1660 g/mol. The summed E-state index contributed by atoms with van der Waals surface area (Å²) in [7, 11) is -13.1. The Bertz CT molecular complexity index is 6230. The minimum atomic E-state index is -4.38. The molecule has 0 aliphatic rings. The van der Waals surface area contributed by atoms with Crippen molar-refractivity contribution < 1.29 is 98.3 Å². The lowest BCUT2D eigenvalue weighted by Crippen LogP contribution is -2.17. The minimum Gasteiger partial charge on any atom is -0.493 e. The Morgan fingerprint density at radius 1 is 0.342 bits per heavy atom. The maximum atomic E-state index is 13.6. The van der Waals surface area contributed by atoms with Crippen molar-refractivity contribution >= 4 is 47.5 Å². The predicted molar refractivity (Wildman–Crippen MR) is 434 cm³/mol. The van der Waals surface area contributed by atoms with Crippen molar-refractivity contribution in [2.75, 3.05) is 74.9 Å². The van der Waals surface area contributed by atoms with Gasteiger partial charge in [-0.15, -0.1) is 0 Å². The molecule has 6 heterocycles. The normalized spacial score (nSPS) is 13.6. The van der Waals surface area contributed by atoms with Gasteiger partial charge in [0.2, 0.25) is 34.7 Å². The molecule has 12 aromatic rings. The van der Waals surface area contributed by atoms with Crippen LogP contribution in [-0.2, 0) is 46.3 Å².